The number of halogens is 1. The molecule has 0 saturated carbocycles. The third kappa shape index (κ3) is 3.85. The van der Waals surface area contributed by atoms with Gasteiger partial charge in [-0.2, -0.15) is 5.10 Å². The Morgan fingerprint density at radius 2 is 1.82 bits per heavy atom. The molecule has 0 unspecified atom stereocenters. The van der Waals surface area contributed by atoms with Crippen LogP contribution in [0.4, 0.5) is 0 Å². The van der Waals surface area contributed by atoms with E-state index in [0.717, 1.165) is 4.47 Å². The first-order valence-electron chi connectivity index (χ1n) is 6.45. The van der Waals surface area contributed by atoms with Crippen LogP contribution in [0.2, 0.25) is 0 Å². The molecule has 5 nitrogen and oxygen atoms in total. The molecule has 2 rings (SSSR count). The maximum Gasteiger partial charge on any atom is 0.271 e. The van der Waals surface area contributed by atoms with Gasteiger partial charge in [-0.25, -0.2) is 5.43 Å². The second-order valence-electron chi connectivity index (χ2n) is 4.29. The average molecular weight is 363 g/mol. The van der Waals surface area contributed by atoms with Crippen LogP contribution in [0.25, 0.3) is 0 Å². The van der Waals surface area contributed by atoms with Crippen LogP contribution in [-0.2, 0) is 0 Å². The first kappa shape index (κ1) is 16.0. The summed E-state index contributed by atoms with van der Waals surface area (Å²) in [4.78, 5) is 11.9. The van der Waals surface area contributed by atoms with Crippen LogP contribution in [0.1, 0.15) is 15.9 Å². The van der Waals surface area contributed by atoms with Gasteiger partial charge in [0.05, 0.1) is 24.9 Å². The summed E-state index contributed by atoms with van der Waals surface area (Å²) in [5.41, 5.74) is 3.73. The third-order valence-electron chi connectivity index (χ3n) is 2.91. The first-order valence-corrected chi connectivity index (χ1v) is 7.25. The second-order valence-corrected chi connectivity index (χ2v) is 5.15. The fourth-order valence-corrected chi connectivity index (χ4v) is 2.32. The Bertz CT molecular complexity index is 687. The van der Waals surface area contributed by atoms with Gasteiger partial charge in [-0.05, 0) is 34.1 Å². The van der Waals surface area contributed by atoms with Crippen LogP contribution < -0.4 is 14.9 Å². The Balaban J connectivity index is 2.13. The predicted octanol–water partition coefficient (Wildman–Crippen LogP) is 3.23. The van der Waals surface area contributed by atoms with E-state index in [1.165, 1.54) is 6.21 Å². The van der Waals surface area contributed by atoms with Gasteiger partial charge >= 0.3 is 0 Å². The highest BCUT2D eigenvalue weighted by atomic mass is 79.9. The van der Waals surface area contributed by atoms with Crippen molar-refractivity contribution in [2.24, 2.45) is 5.10 Å². The summed E-state index contributed by atoms with van der Waals surface area (Å²) in [7, 11) is 3.13. The molecule has 0 atom stereocenters. The number of nitrogens with one attached hydrogen (secondary N) is 1. The van der Waals surface area contributed by atoms with Gasteiger partial charge in [0.15, 0.2) is 0 Å². The van der Waals surface area contributed by atoms with Crippen molar-refractivity contribution in [3.63, 3.8) is 0 Å². The summed E-state index contributed by atoms with van der Waals surface area (Å²) in [5, 5.41) is 3.96. The molecular formula is C16H15BrN2O3. The van der Waals surface area contributed by atoms with Gasteiger partial charge in [0.2, 0.25) is 0 Å². The molecule has 2 aromatic carbocycles. The van der Waals surface area contributed by atoms with Crippen molar-refractivity contribution in [2.75, 3.05) is 14.2 Å². The van der Waals surface area contributed by atoms with Gasteiger partial charge in [-0.1, -0.05) is 18.2 Å². The summed E-state index contributed by atoms with van der Waals surface area (Å²) in [6, 6.07) is 12.4. The van der Waals surface area contributed by atoms with E-state index in [9.17, 15) is 4.79 Å². The number of hydrogen-bond acceptors (Lipinski definition) is 4. The molecule has 114 valence electrons. The Morgan fingerprint density at radius 3 is 2.45 bits per heavy atom. The minimum Gasteiger partial charge on any atom is -0.496 e. The minimum atomic E-state index is -0.275. The standard InChI is InChI=1S/C16H15BrN2O3/c1-21-14-9-15(22-2)13(17)8-12(14)10-18-19-16(20)11-6-4-3-5-7-11/h3-10H,1-2H3,(H,19,20)/b18-10-. The fourth-order valence-electron chi connectivity index (χ4n) is 1.80. The summed E-state index contributed by atoms with van der Waals surface area (Å²) >= 11 is 3.40. The van der Waals surface area contributed by atoms with E-state index >= 15 is 0 Å². The summed E-state index contributed by atoms with van der Waals surface area (Å²) < 4.78 is 11.3. The molecule has 1 amide bonds. The molecule has 0 saturated heterocycles. The van der Waals surface area contributed by atoms with E-state index in [1.807, 2.05) is 6.07 Å². The Labute approximate surface area is 137 Å². The van der Waals surface area contributed by atoms with E-state index in [2.05, 4.69) is 26.5 Å². The van der Waals surface area contributed by atoms with Crippen LogP contribution in [0.15, 0.2) is 52.0 Å². The van der Waals surface area contributed by atoms with Gasteiger partial charge in [0.1, 0.15) is 11.5 Å². The Kier molecular flexibility index (Phi) is 5.55. The molecule has 22 heavy (non-hydrogen) atoms. The number of hydrogen-bond donors (Lipinski definition) is 1. The predicted molar refractivity (Wildman–Crippen MR) is 88.7 cm³/mol. The molecule has 0 aliphatic heterocycles. The molecule has 0 bridgehead atoms. The number of methoxy groups -OCH3 is 2. The van der Waals surface area contributed by atoms with Gasteiger partial charge in [-0.3, -0.25) is 4.79 Å². The van der Waals surface area contributed by atoms with Crippen LogP contribution in [-0.4, -0.2) is 26.3 Å². The molecule has 0 aliphatic rings. The van der Waals surface area contributed by atoms with Crippen LogP contribution >= 0.6 is 15.9 Å². The summed E-state index contributed by atoms with van der Waals surface area (Å²) in [5.74, 6) is 0.975. The quantitative estimate of drug-likeness (QED) is 0.656. The lowest BCUT2D eigenvalue weighted by molar-refractivity contribution is 0.0955. The molecule has 0 aliphatic carbocycles. The topological polar surface area (TPSA) is 59.9 Å². The molecule has 0 aromatic heterocycles. The second kappa shape index (κ2) is 7.61. The molecule has 0 radical (unpaired) electrons. The molecule has 0 fully saturated rings. The molecule has 0 heterocycles. The molecular weight excluding hydrogens is 348 g/mol. The van der Waals surface area contributed by atoms with Crippen molar-refractivity contribution < 1.29 is 14.3 Å². The van der Waals surface area contributed by atoms with E-state index in [4.69, 9.17) is 9.47 Å². The maximum absolute atomic E-state index is 11.9. The molecule has 6 heteroatoms. The monoisotopic (exact) mass is 362 g/mol. The van der Waals surface area contributed by atoms with Crippen molar-refractivity contribution >= 4 is 28.1 Å². The SMILES string of the molecule is COc1cc(OC)c(/C=N\NC(=O)c2ccccc2)cc1Br. The lowest BCUT2D eigenvalue weighted by atomic mass is 10.2. The van der Waals surface area contributed by atoms with Crippen molar-refractivity contribution in [3.05, 3.63) is 58.1 Å². The number of rotatable bonds is 5. The van der Waals surface area contributed by atoms with Crippen molar-refractivity contribution in [3.8, 4) is 11.5 Å². The maximum atomic E-state index is 11.9. The Hall–Kier alpha value is -2.34. The third-order valence-corrected chi connectivity index (χ3v) is 3.53. The highest BCUT2D eigenvalue weighted by molar-refractivity contribution is 9.10. The first-order chi connectivity index (χ1) is 10.7. The van der Waals surface area contributed by atoms with E-state index < -0.39 is 0 Å². The number of carbonyl (C=O) groups excluding carboxylic acids is 1. The lowest BCUT2D eigenvalue weighted by Gasteiger charge is -2.09. The molecule has 0 spiro atoms. The Morgan fingerprint density at radius 1 is 1.14 bits per heavy atom. The highest BCUT2D eigenvalue weighted by Crippen LogP contribution is 2.31. The summed E-state index contributed by atoms with van der Waals surface area (Å²) in [6.45, 7) is 0. The summed E-state index contributed by atoms with van der Waals surface area (Å²) in [6.07, 6.45) is 1.52. The zero-order valence-corrected chi connectivity index (χ0v) is 13.8. The van der Waals surface area contributed by atoms with Gasteiger partial charge < -0.3 is 9.47 Å². The number of nitrogens with zero attached hydrogens (tertiary/aromatic N) is 1. The van der Waals surface area contributed by atoms with Crippen molar-refractivity contribution in [2.45, 2.75) is 0 Å². The van der Waals surface area contributed by atoms with Crippen LogP contribution in [0.5, 0.6) is 11.5 Å². The number of ether oxygens (including phenoxy) is 2. The van der Waals surface area contributed by atoms with Crippen molar-refractivity contribution in [1.82, 2.24) is 5.43 Å². The van der Waals surface area contributed by atoms with E-state index in [0.29, 0.717) is 22.6 Å². The number of carbonyl (C=O) groups is 1. The van der Waals surface area contributed by atoms with Gasteiger partial charge in [0, 0.05) is 17.2 Å². The van der Waals surface area contributed by atoms with Crippen LogP contribution in [0, 0.1) is 0 Å². The smallest absolute Gasteiger partial charge is 0.271 e. The largest absolute Gasteiger partial charge is 0.496 e. The minimum absolute atomic E-state index is 0.275. The van der Waals surface area contributed by atoms with E-state index in [-0.39, 0.29) is 5.91 Å². The average Bonchev–Trinajstić information content (AvgIpc) is 2.55. The lowest BCUT2D eigenvalue weighted by Crippen LogP contribution is -2.17. The van der Waals surface area contributed by atoms with Crippen molar-refractivity contribution in [1.29, 1.82) is 0 Å². The molecule has 1 N–H and O–H groups in total. The van der Waals surface area contributed by atoms with Gasteiger partial charge in [-0.15, -0.1) is 0 Å². The zero-order chi connectivity index (χ0) is 15.9. The number of amides is 1. The van der Waals surface area contributed by atoms with Gasteiger partial charge in [0.25, 0.3) is 5.91 Å². The zero-order valence-electron chi connectivity index (χ0n) is 12.2. The normalized spacial score (nSPS) is 10.5. The number of benzene rings is 2. The van der Waals surface area contributed by atoms with Crippen LogP contribution in [0.3, 0.4) is 0 Å². The van der Waals surface area contributed by atoms with E-state index in [1.54, 1.807) is 50.6 Å². The number of hydrazone groups is 1. The highest BCUT2D eigenvalue weighted by Gasteiger charge is 2.08. The molecule has 2 aromatic rings. The fraction of sp³-hybridized carbons (Fsp3) is 0.125.